The number of hydrogen-bond donors (Lipinski definition) is 1. The molecule has 19 heavy (non-hydrogen) atoms. The van der Waals surface area contributed by atoms with E-state index in [0.717, 1.165) is 16.6 Å². The molecule has 0 aliphatic heterocycles. The van der Waals surface area contributed by atoms with E-state index in [1.54, 1.807) is 11.3 Å². The summed E-state index contributed by atoms with van der Waals surface area (Å²) in [6.45, 7) is 5.26. The summed E-state index contributed by atoms with van der Waals surface area (Å²) in [5.41, 5.74) is 1.33. The molecule has 0 bridgehead atoms. The molecule has 0 unspecified atom stereocenters. The molecule has 0 fully saturated rings. The van der Waals surface area contributed by atoms with Gasteiger partial charge in [-0.1, -0.05) is 37.6 Å². The Kier molecular flexibility index (Phi) is 5.76. The van der Waals surface area contributed by atoms with Gasteiger partial charge >= 0.3 is 0 Å². The van der Waals surface area contributed by atoms with E-state index in [2.05, 4.69) is 49.5 Å². The van der Waals surface area contributed by atoms with E-state index < -0.39 is 0 Å². The van der Waals surface area contributed by atoms with Gasteiger partial charge in [0.2, 0.25) is 0 Å². The van der Waals surface area contributed by atoms with Gasteiger partial charge in [-0.2, -0.15) is 0 Å². The van der Waals surface area contributed by atoms with Crippen molar-refractivity contribution >= 4 is 34.7 Å². The molecule has 0 spiro atoms. The van der Waals surface area contributed by atoms with E-state index in [1.165, 1.54) is 15.3 Å². The lowest BCUT2D eigenvalue weighted by molar-refractivity contribution is 0.588. The molecule has 1 aromatic carbocycles. The van der Waals surface area contributed by atoms with Gasteiger partial charge in [0.05, 0.1) is 4.34 Å². The van der Waals surface area contributed by atoms with Crippen molar-refractivity contribution in [3.05, 3.63) is 51.2 Å². The fourth-order valence-electron chi connectivity index (χ4n) is 1.61. The van der Waals surface area contributed by atoms with Gasteiger partial charge in [-0.05, 0) is 29.8 Å². The fraction of sp³-hybridized carbons (Fsp3) is 0.333. The van der Waals surface area contributed by atoms with Crippen LogP contribution in [0.1, 0.15) is 24.3 Å². The van der Waals surface area contributed by atoms with Gasteiger partial charge in [-0.3, -0.25) is 0 Å². The van der Waals surface area contributed by atoms with E-state index >= 15 is 0 Å². The topological polar surface area (TPSA) is 12.0 Å². The summed E-state index contributed by atoms with van der Waals surface area (Å²) in [6, 6.07) is 13.4. The first kappa shape index (κ1) is 14.9. The molecule has 1 aromatic heterocycles. The Morgan fingerprint density at radius 3 is 2.47 bits per heavy atom. The van der Waals surface area contributed by atoms with E-state index in [0.29, 0.717) is 6.04 Å². The molecular formula is C15H18ClNS2. The lowest BCUT2D eigenvalue weighted by atomic mass is 10.2. The van der Waals surface area contributed by atoms with Crippen LogP contribution in [0.2, 0.25) is 4.34 Å². The second-order valence-corrected chi connectivity index (χ2v) is 7.52. The Balaban J connectivity index is 1.84. The van der Waals surface area contributed by atoms with Crippen molar-refractivity contribution in [2.24, 2.45) is 0 Å². The highest BCUT2D eigenvalue weighted by molar-refractivity contribution is 7.98. The lowest BCUT2D eigenvalue weighted by Gasteiger charge is -2.08. The van der Waals surface area contributed by atoms with E-state index in [9.17, 15) is 0 Å². The van der Waals surface area contributed by atoms with E-state index in [4.69, 9.17) is 11.6 Å². The monoisotopic (exact) mass is 311 g/mol. The number of halogens is 1. The minimum atomic E-state index is 0.526. The quantitative estimate of drug-likeness (QED) is 0.737. The molecule has 0 saturated heterocycles. The second kappa shape index (κ2) is 7.34. The highest BCUT2D eigenvalue weighted by Crippen LogP contribution is 2.29. The molecule has 2 rings (SSSR count). The van der Waals surface area contributed by atoms with Crippen LogP contribution >= 0.6 is 34.7 Å². The third-order valence-corrected chi connectivity index (χ3v) is 5.12. The van der Waals surface area contributed by atoms with Gasteiger partial charge in [0.25, 0.3) is 0 Å². The highest BCUT2D eigenvalue weighted by atomic mass is 35.5. The fourth-order valence-corrected chi connectivity index (χ4v) is 3.64. The Morgan fingerprint density at radius 2 is 1.89 bits per heavy atom. The van der Waals surface area contributed by atoms with Crippen molar-refractivity contribution < 1.29 is 0 Å². The van der Waals surface area contributed by atoms with Crippen molar-refractivity contribution in [1.82, 2.24) is 5.32 Å². The zero-order valence-corrected chi connectivity index (χ0v) is 13.5. The number of benzene rings is 1. The van der Waals surface area contributed by atoms with Crippen molar-refractivity contribution in [1.29, 1.82) is 0 Å². The predicted octanol–water partition coefficient (Wildman–Crippen LogP) is 5.19. The Hall–Kier alpha value is -0.480. The first-order chi connectivity index (χ1) is 9.13. The maximum Gasteiger partial charge on any atom is 0.0931 e. The highest BCUT2D eigenvalue weighted by Gasteiger charge is 2.01. The molecular weight excluding hydrogens is 294 g/mol. The van der Waals surface area contributed by atoms with Gasteiger partial charge in [-0.25, -0.2) is 0 Å². The molecule has 2 aromatic rings. The van der Waals surface area contributed by atoms with Gasteiger partial charge in [0, 0.05) is 28.1 Å². The molecule has 0 radical (unpaired) electrons. The van der Waals surface area contributed by atoms with Crippen molar-refractivity contribution in [2.45, 2.75) is 37.1 Å². The predicted molar refractivity (Wildman–Crippen MR) is 87.3 cm³/mol. The minimum absolute atomic E-state index is 0.526. The van der Waals surface area contributed by atoms with Crippen molar-refractivity contribution in [3.8, 4) is 0 Å². The Labute approximate surface area is 128 Å². The van der Waals surface area contributed by atoms with Crippen LogP contribution in [-0.2, 0) is 12.3 Å². The van der Waals surface area contributed by atoms with Crippen molar-refractivity contribution in [3.63, 3.8) is 0 Å². The van der Waals surface area contributed by atoms with Crippen LogP contribution in [-0.4, -0.2) is 6.04 Å². The number of thioether (sulfide) groups is 1. The van der Waals surface area contributed by atoms with Crippen LogP contribution in [0.5, 0.6) is 0 Å². The third kappa shape index (κ3) is 5.19. The van der Waals surface area contributed by atoms with Crippen LogP contribution < -0.4 is 5.32 Å². The Bertz CT molecular complexity index is 505. The molecule has 0 amide bonds. The molecule has 0 atom stereocenters. The summed E-state index contributed by atoms with van der Waals surface area (Å²) < 4.78 is 0.866. The van der Waals surface area contributed by atoms with Gasteiger partial charge < -0.3 is 5.32 Å². The molecule has 1 heterocycles. The number of thiophene rings is 1. The normalized spacial score (nSPS) is 11.2. The Morgan fingerprint density at radius 1 is 1.16 bits per heavy atom. The SMILES string of the molecule is CC(C)NCc1ccc(SCc2ccc(Cl)s2)cc1. The molecule has 0 saturated carbocycles. The summed E-state index contributed by atoms with van der Waals surface area (Å²) in [6.07, 6.45) is 0. The first-order valence-electron chi connectivity index (χ1n) is 6.33. The van der Waals surface area contributed by atoms with E-state index in [-0.39, 0.29) is 0 Å². The summed E-state index contributed by atoms with van der Waals surface area (Å²) in [7, 11) is 0. The summed E-state index contributed by atoms with van der Waals surface area (Å²) in [5, 5.41) is 3.42. The molecule has 0 aliphatic carbocycles. The number of rotatable bonds is 6. The zero-order valence-electron chi connectivity index (χ0n) is 11.2. The summed E-state index contributed by atoms with van der Waals surface area (Å²) >= 11 is 9.43. The average molecular weight is 312 g/mol. The first-order valence-corrected chi connectivity index (χ1v) is 8.51. The second-order valence-electron chi connectivity index (χ2n) is 4.67. The molecule has 1 nitrogen and oxygen atoms in total. The summed E-state index contributed by atoms with van der Waals surface area (Å²) in [4.78, 5) is 2.62. The zero-order chi connectivity index (χ0) is 13.7. The molecule has 4 heteroatoms. The maximum absolute atomic E-state index is 5.93. The smallest absolute Gasteiger partial charge is 0.0931 e. The standard InChI is InChI=1S/C15H18ClNS2/c1-11(2)17-9-12-3-5-13(6-4-12)18-10-14-7-8-15(16)19-14/h3-8,11,17H,9-10H2,1-2H3. The van der Waals surface area contributed by atoms with Gasteiger partial charge in [0.15, 0.2) is 0 Å². The summed E-state index contributed by atoms with van der Waals surface area (Å²) in [5.74, 6) is 0.987. The van der Waals surface area contributed by atoms with Crippen molar-refractivity contribution in [2.75, 3.05) is 0 Å². The molecule has 0 aliphatic rings. The van der Waals surface area contributed by atoms with Crippen LogP contribution in [0.3, 0.4) is 0 Å². The van der Waals surface area contributed by atoms with Gasteiger partial charge in [0.1, 0.15) is 0 Å². The van der Waals surface area contributed by atoms with Crippen LogP contribution in [0, 0.1) is 0 Å². The minimum Gasteiger partial charge on any atom is -0.310 e. The van der Waals surface area contributed by atoms with Crippen LogP contribution in [0.4, 0.5) is 0 Å². The molecule has 102 valence electrons. The number of nitrogens with one attached hydrogen (secondary N) is 1. The largest absolute Gasteiger partial charge is 0.310 e. The number of hydrogen-bond acceptors (Lipinski definition) is 3. The molecule has 1 N–H and O–H groups in total. The van der Waals surface area contributed by atoms with E-state index in [1.807, 2.05) is 17.8 Å². The van der Waals surface area contributed by atoms with Gasteiger partial charge in [-0.15, -0.1) is 23.1 Å². The lowest BCUT2D eigenvalue weighted by Crippen LogP contribution is -2.21. The van der Waals surface area contributed by atoms with Crippen LogP contribution in [0.25, 0.3) is 0 Å². The average Bonchev–Trinajstić information content (AvgIpc) is 2.81. The van der Waals surface area contributed by atoms with Crippen LogP contribution in [0.15, 0.2) is 41.3 Å². The maximum atomic E-state index is 5.93. The third-order valence-electron chi connectivity index (χ3n) is 2.65.